The minimum Gasteiger partial charge on any atom is -0.481 e. The van der Waals surface area contributed by atoms with Crippen molar-refractivity contribution in [2.45, 2.75) is 6.61 Å². The lowest BCUT2D eigenvalue weighted by molar-refractivity contribution is -0.389. The maximum absolute atomic E-state index is 11.0. The van der Waals surface area contributed by atoms with E-state index in [9.17, 15) is 14.9 Å². The maximum atomic E-state index is 11.0. The summed E-state index contributed by atoms with van der Waals surface area (Å²) >= 11 is 0. The highest BCUT2D eigenvalue weighted by Crippen LogP contribution is 2.22. The van der Waals surface area contributed by atoms with E-state index in [0.717, 1.165) is 12.3 Å². The molecule has 0 unspecified atom stereocenters. The van der Waals surface area contributed by atoms with Crippen LogP contribution in [0.4, 0.5) is 5.82 Å². The highest BCUT2D eigenvalue weighted by molar-refractivity contribution is 5.91. The van der Waals surface area contributed by atoms with E-state index >= 15 is 0 Å². The third kappa shape index (κ3) is 2.86. The summed E-state index contributed by atoms with van der Waals surface area (Å²) in [5.41, 5.74) is -0.326. The van der Waals surface area contributed by atoms with Crippen LogP contribution >= 0.6 is 0 Å². The zero-order valence-electron chi connectivity index (χ0n) is 9.48. The number of aromatic nitrogens is 1. The summed E-state index contributed by atoms with van der Waals surface area (Å²) in [5, 5.41) is 19.5. The predicted octanol–water partition coefficient (Wildman–Crippen LogP) is 1.86. The highest BCUT2D eigenvalue weighted by atomic mass is 16.6. The Kier molecular flexibility index (Phi) is 3.42. The van der Waals surface area contributed by atoms with Crippen LogP contribution in [0.1, 0.15) is 16.1 Å². The van der Waals surface area contributed by atoms with Gasteiger partial charge in [-0.25, -0.2) is 4.79 Å². The van der Waals surface area contributed by atoms with E-state index < -0.39 is 16.7 Å². The van der Waals surface area contributed by atoms with Crippen LogP contribution in [-0.2, 0) is 6.61 Å². The highest BCUT2D eigenvalue weighted by Gasteiger charge is 2.19. The summed E-state index contributed by atoms with van der Waals surface area (Å²) in [6.07, 6.45) is 2.45. The molecule has 2 aromatic heterocycles. The van der Waals surface area contributed by atoms with Crippen LogP contribution in [0, 0.1) is 10.1 Å². The number of pyridine rings is 1. The minimum atomic E-state index is -1.33. The molecule has 0 aliphatic heterocycles. The topological polar surface area (TPSA) is 116 Å². The normalized spacial score (nSPS) is 10.1. The third-order valence-electron chi connectivity index (χ3n) is 2.22. The fourth-order valence-electron chi connectivity index (χ4n) is 1.36. The molecule has 0 fully saturated rings. The van der Waals surface area contributed by atoms with E-state index in [1.165, 1.54) is 6.26 Å². The van der Waals surface area contributed by atoms with E-state index in [1.54, 1.807) is 12.1 Å². The number of aromatic carboxylic acids is 1. The first-order valence-corrected chi connectivity index (χ1v) is 5.11. The molecule has 1 N–H and O–H groups in total. The van der Waals surface area contributed by atoms with Gasteiger partial charge in [-0.05, 0) is 22.0 Å². The van der Waals surface area contributed by atoms with Gasteiger partial charge < -0.3 is 24.4 Å². The molecule has 8 nitrogen and oxygen atoms in total. The van der Waals surface area contributed by atoms with Crippen molar-refractivity contribution in [1.82, 2.24) is 4.98 Å². The van der Waals surface area contributed by atoms with Crippen LogP contribution in [0.25, 0.3) is 0 Å². The van der Waals surface area contributed by atoms with Gasteiger partial charge in [0.25, 0.3) is 0 Å². The van der Waals surface area contributed by atoms with Gasteiger partial charge in [0.2, 0.25) is 0 Å². The Morgan fingerprint density at radius 1 is 1.58 bits per heavy atom. The van der Waals surface area contributed by atoms with Crippen molar-refractivity contribution in [2.75, 3.05) is 0 Å². The average molecular weight is 264 g/mol. The Balaban J connectivity index is 2.24. The number of rotatable bonds is 5. The molecule has 0 bridgehead atoms. The van der Waals surface area contributed by atoms with E-state index in [4.69, 9.17) is 14.3 Å². The Morgan fingerprint density at radius 3 is 2.95 bits per heavy atom. The number of nitro groups is 1. The maximum Gasteiger partial charge on any atom is 0.364 e. The van der Waals surface area contributed by atoms with Gasteiger partial charge in [0, 0.05) is 0 Å². The third-order valence-corrected chi connectivity index (χ3v) is 2.22. The quantitative estimate of drug-likeness (QED) is 0.647. The van der Waals surface area contributed by atoms with E-state index in [2.05, 4.69) is 4.98 Å². The van der Waals surface area contributed by atoms with Gasteiger partial charge in [-0.1, -0.05) is 0 Å². The fourth-order valence-corrected chi connectivity index (χ4v) is 1.36. The molecule has 2 heterocycles. The number of hydrogen-bond donors (Lipinski definition) is 1. The van der Waals surface area contributed by atoms with Crippen LogP contribution in [-0.4, -0.2) is 21.0 Å². The summed E-state index contributed by atoms with van der Waals surface area (Å²) in [5.74, 6) is -1.45. The molecule has 2 aromatic rings. The number of hydrogen-bond acceptors (Lipinski definition) is 6. The van der Waals surface area contributed by atoms with Gasteiger partial charge in [-0.15, -0.1) is 0 Å². The Morgan fingerprint density at radius 2 is 2.37 bits per heavy atom. The van der Waals surface area contributed by atoms with Crippen molar-refractivity contribution in [2.24, 2.45) is 0 Å². The lowest BCUT2D eigenvalue weighted by Crippen LogP contribution is -2.05. The molecule has 0 saturated heterocycles. The van der Waals surface area contributed by atoms with Crippen molar-refractivity contribution in [3.05, 3.63) is 52.1 Å². The molecule has 2 rings (SSSR count). The van der Waals surface area contributed by atoms with Crippen LogP contribution in [0.3, 0.4) is 0 Å². The summed E-state index contributed by atoms with van der Waals surface area (Å²) in [6, 6.07) is 4.16. The van der Waals surface area contributed by atoms with E-state index in [1.807, 2.05) is 0 Å². The van der Waals surface area contributed by atoms with Crippen LogP contribution in [0.15, 0.2) is 35.1 Å². The smallest absolute Gasteiger partial charge is 0.364 e. The lowest BCUT2D eigenvalue weighted by Gasteiger charge is -2.05. The number of carbonyl (C=O) groups is 1. The number of furan rings is 1. The van der Waals surface area contributed by atoms with Crippen molar-refractivity contribution in [3.8, 4) is 5.75 Å². The average Bonchev–Trinajstić information content (AvgIpc) is 2.89. The fraction of sp³-hybridized carbons (Fsp3) is 0.0909. The van der Waals surface area contributed by atoms with Crippen molar-refractivity contribution >= 4 is 11.8 Å². The molecule has 19 heavy (non-hydrogen) atoms. The number of carboxylic acid groups (broad SMARTS) is 1. The van der Waals surface area contributed by atoms with Gasteiger partial charge in [0.1, 0.15) is 17.9 Å². The van der Waals surface area contributed by atoms with Crippen LogP contribution in [0.2, 0.25) is 0 Å². The molecule has 0 radical (unpaired) electrons. The zero-order valence-corrected chi connectivity index (χ0v) is 9.48. The molecule has 0 aliphatic rings. The first kappa shape index (κ1) is 12.6. The van der Waals surface area contributed by atoms with Crippen LogP contribution < -0.4 is 4.74 Å². The van der Waals surface area contributed by atoms with E-state index in [-0.39, 0.29) is 17.9 Å². The Labute approximate surface area is 106 Å². The summed E-state index contributed by atoms with van der Waals surface area (Å²) in [6.45, 7) is 0.00672. The molecule has 98 valence electrons. The van der Waals surface area contributed by atoms with Crippen LogP contribution in [0.5, 0.6) is 5.75 Å². The first-order chi connectivity index (χ1) is 9.08. The Hall–Kier alpha value is -2.90. The standard InChI is InChI=1S/C11H8N2O6/c14-11(15)8-4-10(13(16)17)12-5-9(8)19-6-7-2-1-3-18-7/h1-5H,6H2,(H,14,15). The van der Waals surface area contributed by atoms with Crippen molar-refractivity contribution < 1.29 is 24.0 Å². The van der Waals surface area contributed by atoms with Crippen molar-refractivity contribution in [3.63, 3.8) is 0 Å². The van der Waals surface area contributed by atoms with Gasteiger partial charge >= 0.3 is 11.8 Å². The number of nitrogens with zero attached hydrogens (tertiary/aromatic N) is 2. The van der Waals surface area contributed by atoms with Gasteiger partial charge in [0.15, 0.2) is 11.9 Å². The molecule has 0 atom stereocenters. The van der Waals surface area contributed by atoms with Gasteiger partial charge in [0.05, 0.1) is 12.3 Å². The molecule has 0 aliphatic carbocycles. The van der Waals surface area contributed by atoms with Gasteiger partial charge in [-0.2, -0.15) is 0 Å². The molecule has 0 spiro atoms. The second-order valence-corrected chi connectivity index (χ2v) is 3.47. The van der Waals surface area contributed by atoms with Crippen molar-refractivity contribution in [1.29, 1.82) is 0 Å². The second kappa shape index (κ2) is 5.17. The largest absolute Gasteiger partial charge is 0.481 e. The second-order valence-electron chi connectivity index (χ2n) is 3.47. The Bertz CT molecular complexity index is 608. The summed E-state index contributed by atoms with van der Waals surface area (Å²) < 4.78 is 10.2. The summed E-state index contributed by atoms with van der Waals surface area (Å²) in [4.78, 5) is 24.3. The minimum absolute atomic E-state index is 0.00672. The number of ether oxygens (including phenoxy) is 1. The van der Waals surface area contributed by atoms with Gasteiger partial charge in [-0.3, -0.25) is 0 Å². The molecule has 0 aromatic carbocycles. The predicted molar refractivity (Wildman–Crippen MR) is 60.9 cm³/mol. The number of carboxylic acids is 1. The lowest BCUT2D eigenvalue weighted by atomic mass is 10.2. The molecule has 0 amide bonds. The molecule has 0 saturated carbocycles. The molecular formula is C11H8N2O6. The first-order valence-electron chi connectivity index (χ1n) is 5.11. The monoisotopic (exact) mass is 264 g/mol. The SMILES string of the molecule is O=C(O)c1cc([N+](=O)[O-])ncc1OCc1ccco1. The van der Waals surface area contributed by atoms with E-state index in [0.29, 0.717) is 5.76 Å². The molecular weight excluding hydrogens is 256 g/mol. The zero-order chi connectivity index (χ0) is 13.8. The summed E-state index contributed by atoms with van der Waals surface area (Å²) in [7, 11) is 0. The molecule has 8 heteroatoms.